The second-order valence-corrected chi connectivity index (χ2v) is 8.10. The molecule has 0 saturated heterocycles. The van der Waals surface area contributed by atoms with E-state index in [1.54, 1.807) is 4.90 Å². The standard InChI is InChI=1S/C21H16BrClFNO2/c22-13-6-4-12(5-7-13)15-11-20(27)25(14-8-9-17(24)16(23)10-14)18-2-1-3-19(26)21(15)18/h4-10,15H,1-3,11H2. The van der Waals surface area contributed by atoms with Crippen molar-refractivity contribution in [1.82, 2.24) is 0 Å². The molecule has 1 aliphatic carbocycles. The van der Waals surface area contributed by atoms with Gasteiger partial charge in [0.25, 0.3) is 0 Å². The summed E-state index contributed by atoms with van der Waals surface area (Å²) < 4.78 is 14.5. The van der Waals surface area contributed by atoms with Gasteiger partial charge in [0.1, 0.15) is 5.82 Å². The van der Waals surface area contributed by atoms with Gasteiger partial charge in [-0.15, -0.1) is 0 Å². The van der Waals surface area contributed by atoms with Gasteiger partial charge in [-0.2, -0.15) is 0 Å². The van der Waals surface area contributed by atoms with Crippen LogP contribution in [0.4, 0.5) is 10.1 Å². The van der Waals surface area contributed by atoms with E-state index in [2.05, 4.69) is 15.9 Å². The molecule has 4 rings (SSSR count). The van der Waals surface area contributed by atoms with Crippen LogP contribution in [0.2, 0.25) is 5.02 Å². The Bertz CT molecular complexity index is 971. The smallest absolute Gasteiger partial charge is 0.232 e. The maximum Gasteiger partial charge on any atom is 0.232 e. The molecule has 0 aromatic heterocycles. The van der Waals surface area contributed by atoms with E-state index in [-0.39, 0.29) is 29.1 Å². The first-order valence-corrected chi connectivity index (χ1v) is 9.92. The van der Waals surface area contributed by atoms with Crippen LogP contribution < -0.4 is 4.90 Å². The number of rotatable bonds is 2. The lowest BCUT2D eigenvalue weighted by Crippen LogP contribution is -2.40. The zero-order chi connectivity index (χ0) is 19.1. The lowest BCUT2D eigenvalue weighted by Gasteiger charge is -2.38. The molecule has 2 aromatic rings. The molecule has 3 nitrogen and oxygen atoms in total. The molecule has 0 saturated carbocycles. The van der Waals surface area contributed by atoms with Gasteiger partial charge in [-0.3, -0.25) is 14.5 Å². The molecule has 0 spiro atoms. The molecule has 0 radical (unpaired) electrons. The van der Waals surface area contributed by atoms with Crippen LogP contribution in [0.5, 0.6) is 0 Å². The normalized spacial score (nSPS) is 20.1. The van der Waals surface area contributed by atoms with Crippen LogP contribution >= 0.6 is 27.5 Å². The molecule has 1 aliphatic heterocycles. The van der Waals surface area contributed by atoms with Gasteiger partial charge in [0, 0.05) is 34.5 Å². The lowest BCUT2D eigenvalue weighted by atomic mass is 9.77. The maximum atomic E-state index is 13.6. The number of benzene rings is 2. The SMILES string of the molecule is O=C1CCCC2=C1C(c1ccc(Br)cc1)CC(=O)N2c1ccc(F)c(Cl)c1. The van der Waals surface area contributed by atoms with Crippen LogP contribution in [0.15, 0.2) is 58.2 Å². The van der Waals surface area contributed by atoms with Gasteiger partial charge in [-0.25, -0.2) is 4.39 Å². The average Bonchev–Trinajstić information content (AvgIpc) is 2.64. The van der Waals surface area contributed by atoms with E-state index in [9.17, 15) is 14.0 Å². The van der Waals surface area contributed by atoms with Gasteiger partial charge in [0.15, 0.2) is 5.78 Å². The third-order valence-electron chi connectivity index (χ3n) is 5.11. The summed E-state index contributed by atoms with van der Waals surface area (Å²) in [5, 5.41) is -0.0420. The largest absolute Gasteiger partial charge is 0.294 e. The number of allylic oxidation sites excluding steroid dienone is 2. The minimum absolute atomic E-state index is 0.0420. The van der Waals surface area contributed by atoms with Gasteiger partial charge in [-0.1, -0.05) is 39.7 Å². The Morgan fingerprint density at radius 1 is 1.07 bits per heavy atom. The van der Waals surface area contributed by atoms with Gasteiger partial charge in [0.05, 0.1) is 10.7 Å². The molecule has 1 heterocycles. The highest BCUT2D eigenvalue weighted by Gasteiger charge is 2.39. The minimum Gasteiger partial charge on any atom is -0.294 e. The molecule has 2 aliphatic rings. The number of halogens is 3. The highest BCUT2D eigenvalue weighted by molar-refractivity contribution is 9.10. The topological polar surface area (TPSA) is 37.4 Å². The second kappa shape index (κ2) is 7.21. The van der Waals surface area contributed by atoms with Gasteiger partial charge in [-0.05, 0) is 48.7 Å². The van der Waals surface area contributed by atoms with Crippen molar-refractivity contribution in [3.63, 3.8) is 0 Å². The van der Waals surface area contributed by atoms with Crippen molar-refractivity contribution in [2.45, 2.75) is 31.6 Å². The maximum absolute atomic E-state index is 13.6. The van der Waals surface area contributed by atoms with E-state index in [1.165, 1.54) is 18.2 Å². The van der Waals surface area contributed by atoms with E-state index in [0.29, 0.717) is 30.5 Å². The number of carbonyl (C=O) groups is 2. The summed E-state index contributed by atoms with van der Waals surface area (Å²) in [6.07, 6.45) is 2.01. The number of ketones is 1. The summed E-state index contributed by atoms with van der Waals surface area (Å²) in [5.41, 5.74) is 2.87. The van der Waals surface area contributed by atoms with Gasteiger partial charge >= 0.3 is 0 Å². The Morgan fingerprint density at radius 2 is 1.81 bits per heavy atom. The van der Waals surface area contributed by atoms with Crippen molar-refractivity contribution in [3.8, 4) is 0 Å². The van der Waals surface area contributed by atoms with Gasteiger partial charge in [0.2, 0.25) is 5.91 Å². The summed E-state index contributed by atoms with van der Waals surface area (Å²) >= 11 is 9.34. The van der Waals surface area contributed by atoms with Crippen molar-refractivity contribution >= 4 is 44.9 Å². The van der Waals surface area contributed by atoms with Crippen LogP contribution in [0.25, 0.3) is 0 Å². The number of amides is 1. The molecule has 6 heteroatoms. The summed E-state index contributed by atoms with van der Waals surface area (Å²) in [5.74, 6) is -0.818. The predicted molar refractivity (Wildman–Crippen MR) is 106 cm³/mol. The molecule has 1 unspecified atom stereocenters. The number of carbonyl (C=O) groups excluding carboxylic acids is 2. The van der Waals surface area contributed by atoms with Crippen molar-refractivity contribution < 1.29 is 14.0 Å². The number of hydrogen-bond donors (Lipinski definition) is 0. The zero-order valence-electron chi connectivity index (χ0n) is 14.3. The molecular formula is C21H16BrClFNO2. The molecule has 0 N–H and O–H groups in total. The zero-order valence-corrected chi connectivity index (χ0v) is 16.7. The first kappa shape index (κ1) is 18.4. The van der Waals surface area contributed by atoms with E-state index >= 15 is 0 Å². The summed E-state index contributed by atoms with van der Waals surface area (Å²) in [7, 11) is 0. The van der Waals surface area contributed by atoms with E-state index in [1.807, 2.05) is 24.3 Å². The third kappa shape index (κ3) is 3.34. The fourth-order valence-electron chi connectivity index (χ4n) is 3.90. The number of nitrogens with zero attached hydrogens (tertiary/aromatic N) is 1. The third-order valence-corrected chi connectivity index (χ3v) is 5.93. The fraction of sp³-hybridized carbons (Fsp3) is 0.238. The predicted octanol–water partition coefficient (Wildman–Crippen LogP) is 5.77. The minimum atomic E-state index is -0.536. The fourth-order valence-corrected chi connectivity index (χ4v) is 4.34. The molecule has 138 valence electrons. The average molecular weight is 449 g/mol. The molecule has 27 heavy (non-hydrogen) atoms. The van der Waals surface area contributed by atoms with Crippen LogP contribution in [0.3, 0.4) is 0 Å². The highest BCUT2D eigenvalue weighted by Crippen LogP contribution is 2.43. The molecule has 0 fully saturated rings. The van der Waals surface area contributed by atoms with Crippen LogP contribution in [-0.2, 0) is 9.59 Å². The molecule has 0 bridgehead atoms. The molecule has 1 amide bonds. The van der Waals surface area contributed by atoms with Crippen LogP contribution in [0.1, 0.15) is 37.2 Å². The quantitative estimate of drug-likeness (QED) is 0.585. The van der Waals surface area contributed by atoms with E-state index in [4.69, 9.17) is 11.6 Å². The van der Waals surface area contributed by atoms with Crippen molar-refractivity contribution in [1.29, 1.82) is 0 Å². The Labute approximate surface area is 169 Å². The monoisotopic (exact) mass is 447 g/mol. The highest BCUT2D eigenvalue weighted by atomic mass is 79.9. The first-order valence-electron chi connectivity index (χ1n) is 8.75. The number of hydrogen-bond acceptors (Lipinski definition) is 2. The first-order chi connectivity index (χ1) is 13.0. The van der Waals surface area contributed by atoms with Gasteiger partial charge < -0.3 is 0 Å². The van der Waals surface area contributed by atoms with Crippen LogP contribution in [0, 0.1) is 5.82 Å². The van der Waals surface area contributed by atoms with Crippen molar-refractivity contribution in [3.05, 3.63) is 74.6 Å². The molecule has 1 atom stereocenters. The Hall–Kier alpha value is -1.98. The summed E-state index contributed by atoms with van der Waals surface area (Å²) in [6, 6.07) is 11.9. The lowest BCUT2D eigenvalue weighted by molar-refractivity contribution is -0.119. The van der Waals surface area contributed by atoms with Crippen LogP contribution in [-0.4, -0.2) is 11.7 Å². The van der Waals surface area contributed by atoms with E-state index < -0.39 is 5.82 Å². The summed E-state index contributed by atoms with van der Waals surface area (Å²) in [4.78, 5) is 27.4. The Kier molecular flexibility index (Phi) is 4.91. The Balaban J connectivity index is 1.85. The second-order valence-electron chi connectivity index (χ2n) is 6.77. The molecular weight excluding hydrogens is 433 g/mol. The Morgan fingerprint density at radius 3 is 2.52 bits per heavy atom. The number of Topliss-reactive ketones (excluding diaryl/α,β-unsaturated/α-hetero) is 1. The van der Waals surface area contributed by atoms with E-state index in [0.717, 1.165) is 15.7 Å². The molecule has 2 aromatic carbocycles. The van der Waals surface area contributed by atoms with Crippen molar-refractivity contribution in [2.75, 3.05) is 4.90 Å². The summed E-state index contributed by atoms with van der Waals surface area (Å²) in [6.45, 7) is 0. The van der Waals surface area contributed by atoms with Crippen molar-refractivity contribution in [2.24, 2.45) is 0 Å². The number of anilines is 1.